The summed E-state index contributed by atoms with van der Waals surface area (Å²) in [6.07, 6.45) is -4.88. The number of halogens is 3. The Kier molecular flexibility index (Phi) is 9.19. The van der Waals surface area contributed by atoms with Crippen LogP contribution >= 0.6 is 24.4 Å². The molecule has 6 nitrogen and oxygen atoms in total. The molecule has 0 radical (unpaired) electrons. The lowest BCUT2D eigenvalue weighted by atomic mass is 9.97. The van der Waals surface area contributed by atoms with Crippen LogP contribution in [0.4, 0.5) is 13.2 Å². The van der Waals surface area contributed by atoms with E-state index in [0.29, 0.717) is 5.75 Å². The Morgan fingerprint density at radius 1 is 1.24 bits per heavy atom. The quantitative estimate of drug-likeness (QED) is 0.292. The summed E-state index contributed by atoms with van der Waals surface area (Å²) < 4.78 is 55.7. The number of nitrogens with zero attached hydrogens (tertiary/aromatic N) is 1. The van der Waals surface area contributed by atoms with Crippen LogP contribution in [0.1, 0.15) is 25.8 Å². The summed E-state index contributed by atoms with van der Waals surface area (Å²) in [7, 11) is 2.75. The van der Waals surface area contributed by atoms with Crippen molar-refractivity contribution >= 4 is 41.8 Å². The fourth-order valence-corrected chi connectivity index (χ4v) is 4.60. The van der Waals surface area contributed by atoms with Crippen molar-refractivity contribution in [2.75, 3.05) is 27.4 Å². The van der Waals surface area contributed by atoms with Crippen LogP contribution in [-0.4, -0.2) is 55.0 Å². The van der Waals surface area contributed by atoms with E-state index in [0.717, 1.165) is 11.8 Å². The first kappa shape index (κ1) is 27.0. The van der Waals surface area contributed by atoms with Crippen LogP contribution in [0.15, 0.2) is 35.3 Å². The molecule has 1 aliphatic heterocycles. The maximum Gasteiger partial charge on any atom is 0.416 e. The van der Waals surface area contributed by atoms with E-state index >= 15 is 0 Å². The normalized spacial score (nSPS) is 17.9. The number of thioether (sulfide) groups is 1. The lowest BCUT2D eigenvalue weighted by molar-refractivity contribution is -0.145. The van der Waals surface area contributed by atoms with Gasteiger partial charge in [0.15, 0.2) is 11.5 Å². The molecule has 1 amide bonds. The molecule has 1 heterocycles. The summed E-state index contributed by atoms with van der Waals surface area (Å²) in [5.41, 5.74) is -1.46. The first-order valence-corrected chi connectivity index (χ1v) is 11.3. The Bertz CT molecular complexity index is 946. The van der Waals surface area contributed by atoms with Gasteiger partial charge in [-0.15, -0.1) is 12.6 Å². The van der Waals surface area contributed by atoms with Crippen molar-refractivity contribution < 1.29 is 37.0 Å². The van der Waals surface area contributed by atoms with Crippen LogP contribution in [0, 0.1) is 5.92 Å². The number of carbonyl (C=O) groups is 2. The lowest BCUT2D eigenvalue weighted by Gasteiger charge is -2.19. The summed E-state index contributed by atoms with van der Waals surface area (Å²) in [5.74, 6) is -0.499. The van der Waals surface area contributed by atoms with E-state index in [1.54, 1.807) is 0 Å². The van der Waals surface area contributed by atoms with E-state index in [4.69, 9.17) is 14.2 Å². The van der Waals surface area contributed by atoms with Gasteiger partial charge in [0.25, 0.3) is 5.91 Å². The number of hydrogen-bond acceptors (Lipinski definition) is 7. The molecule has 1 unspecified atom stereocenters. The van der Waals surface area contributed by atoms with Crippen molar-refractivity contribution in [3.63, 3.8) is 0 Å². The zero-order valence-electron chi connectivity index (χ0n) is 18.7. The van der Waals surface area contributed by atoms with Gasteiger partial charge in [0.2, 0.25) is 0 Å². The van der Waals surface area contributed by atoms with Crippen LogP contribution in [0.25, 0.3) is 5.57 Å². The average Bonchev–Trinajstić information content (AvgIpc) is 3.03. The van der Waals surface area contributed by atoms with Gasteiger partial charge in [0, 0.05) is 12.1 Å². The van der Waals surface area contributed by atoms with Crippen molar-refractivity contribution in [2.24, 2.45) is 5.92 Å². The largest absolute Gasteiger partial charge is 0.493 e. The number of carbonyl (C=O) groups excluding carboxylic acids is 2. The zero-order valence-corrected chi connectivity index (χ0v) is 20.4. The highest BCUT2D eigenvalue weighted by Crippen LogP contribution is 2.47. The van der Waals surface area contributed by atoms with Gasteiger partial charge in [-0.1, -0.05) is 38.3 Å². The molecular weight excluding hydrogens is 479 g/mol. The van der Waals surface area contributed by atoms with Gasteiger partial charge < -0.3 is 19.1 Å². The summed E-state index contributed by atoms with van der Waals surface area (Å²) >= 11 is 5.20. The van der Waals surface area contributed by atoms with Gasteiger partial charge in [0.05, 0.1) is 37.7 Å². The number of esters is 1. The first-order valence-electron chi connectivity index (χ1n) is 9.95. The fourth-order valence-electron chi connectivity index (χ4n) is 2.95. The van der Waals surface area contributed by atoms with Gasteiger partial charge in [-0.2, -0.15) is 13.2 Å². The molecular formula is C22H26F3NO5S2. The molecule has 0 saturated carbocycles. The van der Waals surface area contributed by atoms with E-state index in [-0.39, 0.29) is 47.3 Å². The monoisotopic (exact) mass is 505 g/mol. The Hall–Kier alpha value is -2.27. The van der Waals surface area contributed by atoms with Crippen LogP contribution < -0.4 is 9.47 Å². The maximum atomic E-state index is 13.7. The highest BCUT2D eigenvalue weighted by Gasteiger charge is 2.42. The topological polar surface area (TPSA) is 65.1 Å². The second-order valence-corrected chi connectivity index (χ2v) is 9.45. The van der Waals surface area contributed by atoms with Gasteiger partial charge in [0.1, 0.15) is 4.71 Å². The molecule has 1 atom stereocenters. The third-order valence-corrected chi connectivity index (χ3v) is 6.30. The molecule has 0 spiro atoms. The van der Waals surface area contributed by atoms with Crippen LogP contribution in [0.2, 0.25) is 0 Å². The number of benzene rings is 1. The van der Waals surface area contributed by atoms with Crippen LogP contribution in [0.5, 0.6) is 11.5 Å². The minimum absolute atomic E-state index is 0.0435. The summed E-state index contributed by atoms with van der Waals surface area (Å²) in [5, 5.41) is 0. The van der Waals surface area contributed by atoms with E-state index in [1.165, 1.54) is 37.3 Å². The molecule has 1 saturated heterocycles. The zero-order chi connectivity index (χ0) is 24.9. The molecule has 182 valence electrons. The second-order valence-electron chi connectivity index (χ2n) is 7.52. The average molecular weight is 506 g/mol. The van der Waals surface area contributed by atoms with Crippen molar-refractivity contribution in [3.8, 4) is 11.5 Å². The second kappa shape index (κ2) is 11.2. The number of allylic oxidation sites excluding steroid dienone is 2. The number of amides is 1. The Morgan fingerprint density at radius 2 is 1.88 bits per heavy atom. The minimum atomic E-state index is -4.78. The summed E-state index contributed by atoms with van der Waals surface area (Å²) in [4.78, 5) is 26.1. The third kappa shape index (κ3) is 6.63. The summed E-state index contributed by atoms with van der Waals surface area (Å²) in [6, 6.07) is 4.20. The molecule has 33 heavy (non-hydrogen) atoms. The highest BCUT2D eigenvalue weighted by molar-refractivity contribution is 8.14. The minimum Gasteiger partial charge on any atom is -0.493 e. The van der Waals surface area contributed by atoms with E-state index in [2.05, 4.69) is 19.2 Å². The van der Waals surface area contributed by atoms with Gasteiger partial charge in [-0.05, 0) is 23.6 Å². The van der Waals surface area contributed by atoms with Gasteiger partial charge in [-0.3, -0.25) is 9.59 Å². The molecule has 1 aromatic carbocycles. The number of rotatable bonds is 9. The maximum absolute atomic E-state index is 13.7. The molecule has 11 heteroatoms. The Balaban J connectivity index is 2.43. The predicted octanol–water partition coefficient (Wildman–Crippen LogP) is 4.91. The molecule has 0 N–H and O–H groups in total. The lowest BCUT2D eigenvalue weighted by Crippen LogP contribution is -2.32. The molecule has 0 aromatic heterocycles. The molecule has 0 bridgehead atoms. The highest BCUT2D eigenvalue weighted by atomic mass is 32.2. The van der Waals surface area contributed by atoms with E-state index in [1.807, 2.05) is 13.8 Å². The number of alkyl halides is 3. The Morgan fingerprint density at radius 3 is 2.42 bits per heavy atom. The molecule has 1 aromatic rings. The van der Waals surface area contributed by atoms with Crippen molar-refractivity contribution in [1.82, 2.24) is 4.90 Å². The predicted molar refractivity (Wildman–Crippen MR) is 124 cm³/mol. The molecule has 0 aliphatic carbocycles. The molecule has 1 fully saturated rings. The van der Waals surface area contributed by atoms with Crippen LogP contribution in [-0.2, 0) is 14.3 Å². The standard InChI is InChI=1S/C22H26F3NO5S2/c1-12(2)11-31-17(27)8-9-26-20(28)19(33-21(26)32)18(13(3)22(23,24)25)14-6-7-15(29-4)16(10-14)30-5/h6-7,10,12,21,32H,3,8-9,11H2,1-2,4-5H3/b19-18+. The van der Waals surface area contributed by atoms with Gasteiger partial charge in [-0.25, -0.2) is 0 Å². The first-order chi connectivity index (χ1) is 15.4. The number of thiol groups is 1. The molecule has 1 aliphatic rings. The van der Waals surface area contributed by atoms with Crippen molar-refractivity contribution in [1.29, 1.82) is 0 Å². The van der Waals surface area contributed by atoms with E-state index < -0.39 is 28.3 Å². The van der Waals surface area contributed by atoms with Crippen molar-refractivity contribution in [2.45, 2.75) is 31.2 Å². The third-order valence-electron chi connectivity index (χ3n) is 4.62. The smallest absolute Gasteiger partial charge is 0.416 e. The van der Waals surface area contributed by atoms with Crippen molar-refractivity contribution in [3.05, 3.63) is 40.8 Å². The molecule has 2 rings (SSSR count). The fraction of sp³-hybridized carbons (Fsp3) is 0.455. The Labute approximate surface area is 200 Å². The SMILES string of the molecule is C=C(/C(=C1\SC(S)N(CCC(=O)OCC(C)C)C1=O)c1ccc(OC)c(OC)c1)C(F)(F)F. The number of ether oxygens (including phenoxy) is 3. The number of hydrogen-bond donors (Lipinski definition) is 1. The van der Waals surface area contributed by atoms with Crippen LogP contribution in [0.3, 0.4) is 0 Å². The summed E-state index contributed by atoms with van der Waals surface area (Å²) in [6.45, 7) is 7.18. The van der Waals surface area contributed by atoms with E-state index in [9.17, 15) is 22.8 Å². The van der Waals surface area contributed by atoms with Gasteiger partial charge >= 0.3 is 12.1 Å². The number of methoxy groups -OCH3 is 2.